The Balaban J connectivity index is 1.39. The van der Waals surface area contributed by atoms with Gasteiger partial charge in [-0.2, -0.15) is 13.2 Å². The zero-order valence-electron chi connectivity index (χ0n) is 23.8. The number of benzene rings is 3. The summed E-state index contributed by atoms with van der Waals surface area (Å²) in [5.41, 5.74) is 9.06. The van der Waals surface area contributed by atoms with Gasteiger partial charge in [0.1, 0.15) is 5.82 Å². The van der Waals surface area contributed by atoms with E-state index in [1.54, 1.807) is 24.4 Å². The van der Waals surface area contributed by atoms with Gasteiger partial charge in [0.2, 0.25) is 0 Å². The molecule has 2 heterocycles. The fraction of sp³-hybridized carbons (Fsp3) is 0.273. The maximum Gasteiger partial charge on any atom is 0.416 e. The number of amides is 1. The number of hydrogen-bond donors (Lipinski definition) is 2. The number of aromatic nitrogens is 1. The third kappa shape index (κ3) is 6.56. The summed E-state index contributed by atoms with van der Waals surface area (Å²) in [7, 11) is 2.00. The first-order valence-electron chi connectivity index (χ1n) is 13.7. The first-order chi connectivity index (χ1) is 20.0. The van der Waals surface area contributed by atoms with Crippen molar-refractivity contribution >= 4 is 28.2 Å². The van der Waals surface area contributed by atoms with Gasteiger partial charge in [0.05, 0.1) is 11.1 Å². The Morgan fingerprint density at radius 3 is 2.50 bits per heavy atom. The van der Waals surface area contributed by atoms with Crippen molar-refractivity contribution in [1.82, 2.24) is 14.8 Å². The summed E-state index contributed by atoms with van der Waals surface area (Å²) in [4.78, 5) is 21.6. The number of likely N-dealkylation sites (N-methyl/N-ethyl adjacent to an activating group) is 1. The maximum absolute atomic E-state index is 14.0. The van der Waals surface area contributed by atoms with Gasteiger partial charge < -0.3 is 16.0 Å². The van der Waals surface area contributed by atoms with Gasteiger partial charge in [-0.05, 0) is 62.4 Å². The number of fused-ring (bicyclic) bond motifs is 1. The van der Waals surface area contributed by atoms with Crippen molar-refractivity contribution < 1.29 is 18.0 Å². The minimum atomic E-state index is -4.55. The van der Waals surface area contributed by atoms with E-state index in [0.29, 0.717) is 30.0 Å². The van der Waals surface area contributed by atoms with Gasteiger partial charge in [-0.25, -0.2) is 4.98 Å². The summed E-state index contributed by atoms with van der Waals surface area (Å²) in [6, 6.07) is 14.9. The van der Waals surface area contributed by atoms with E-state index in [9.17, 15) is 18.0 Å². The van der Waals surface area contributed by atoms with Crippen LogP contribution in [0.5, 0.6) is 0 Å². The molecule has 1 fully saturated rings. The van der Waals surface area contributed by atoms with Crippen LogP contribution in [0, 0.1) is 25.7 Å². The summed E-state index contributed by atoms with van der Waals surface area (Å²) in [5, 5.41) is 4.43. The minimum absolute atomic E-state index is 0.0765. The molecule has 3 aromatic carbocycles. The molecule has 0 saturated carbocycles. The molecule has 1 aliphatic rings. The molecular formula is C33H32F3N5O. The standard InChI is InChI=1S/C33H32F3N5O/c1-21-4-6-25-19-38-31(37)28(29(25)16-21)11-9-23-17-24(7-5-22(23)2)32(42)39-27-10-8-26(30(18-27)33(34,35)36)20-41-14-12-40(3)13-15-41/h4-8,10,16-19H,12-15,20H2,1-3H3,(H2,37,38)(H,39,42). The summed E-state index contributed by atoms with van der Waals surface area (Å²) in [5.74, 6) is 6.01. The van der Waals surface area contributed by atoms with Gasteiger partial charge in [-0.1, -0.05) is 41.7 Å². The molecule has 0 spiro atoms. The van der Waals surface area contributed by atoms with Crippen LogP contribution in [0.2, 0.25) is 0 Å². The van der Waals surface area contributed by atoms with Crippen LogP contribution in [0.3, 0.4) is 0 Å². The summed E-state index contributed by atoms with van der Waals surface area (Å²) >= 11 is 0. The molecule has 1 saturated heterocycles. The van der Waals surface area contributed by atoms with E-state index in [2.05, 4.69) is 27.0 Å². The van der Waals surface area contributed by atoms with E-state index < -0.39 is 17.6 Å². The number of nitrogen functional groups attached to an aromatic ring is 1. The van der Waals surface area contributed by atoms with Crippen LogP contribution in [-0.2, 0) is 12.7 Å². The number of piperazine rings is 1. The van der Waals surface area contributed by atoms with Gasteiger partial charge >= 0.3 is 6.18 Å². The molecule has 0 aliphatic carbocycles. The van der Waals surface area contributed by atoms with Gasteiger partial charge in [-0.3, -0.25) is 9.69 Å². The zero-order valence-corrected chi connectivity index (χ0v) is 23.8. The SMILES string of the molecule is Cc1ccc2cnc(N)c(C#Cc3cc(C(=O)Nc4ccc(CN5CCN(C)CC5)c(C(F)(F)F)c4)ccc3C)c2c1. The molecule has 9 heteroatoms. The van der Waals surface area contributed by atoms with Crippen LogP contribution in [0.25, 0.3) is 10.8 Å². The number of nitrogens with zero attached hydrogens (tertiary/aromatic N) is 3. The molecule has 6 nitrogen and oxygen atoms in total. The second kappa shape index (κ2) is 11.8. The van der Waals surface area contributed by atoms with Crippen LogP contribution in [0.4, 0.5) is 24.7 Å². The Labute approximate surface area is 243 Å². The first kappa shape index (κ1) is 29.1. The molecule has 0 unspecified atom stereocenters. The van der Waals surface area contributed by atoms with Crippen molar-refractivity contribution in [2.45, 2.75) is 26.6 Å². The lowest BCUT2D eigenvalue weighted by Crippen LogP contribution is -2.44. The quantitative estimate of drug-likeness (QED) is 0.301. The van der Waals surface area contributed by atoms with E-state index in [0.717, 1.165) is 41.1 Å². The first-order valence-corrected chi connectivity index (χ1v) is 13.7. The molecule has 0 radical (unpaired) electrons. The summed E-state index contributed by atoms with van der Waals surface area (Å²) in [6.07, 6.45) is -2.85. The number of halogens is 3. The van der Waals surface area contributed by atoms with Gasteiger partial charge in [0.25, 0.3) is 5.91 Å². The highest BCUT2D eigenvalue weighted by Gasteiger charge is 2.34. The number of carbonyl (C=O) groups excluding carboxylic acids is 1. The van der Waals surface area contributed by atoms with E-state index in [1.165, 1.54) is 12.1 Å². The number of pyridine rings is 1. The van der Waals surface area contributed by atoms with Crippen LogP contribution in [0.1, 0.15) is 43.7 Å². The number of carbonyl (C=O) groups is 1. The average molecular weight is 572 g/mol. The van der Waals surface area contributed by atoms with E-state index in [1.807, 2.05) is 44.0 Å². The molecule has 0 bridgehead atoms. The molecule has 216 valence electrons. The van der Waals surface area contributed by atoms with Crippen LogP contribution in [0.15, 0.2) is 60.8 Å². The topological polar surface area (TPSA) is 74.5 Å². The molecule has 3 N–H and O–H groups in total. The third-order valence-electron chi connectivity index (χ3n) is 7.56. The Morgan fingerprint density at radius 1 is 1.00 bits per heavy atom. The maximum atomic E-state index is 14.0. The fourth-order valence-electron chi connectivity index (χ4n) is 5.01. The Hall–Kier alpha value is -4.39. The van der Waals surface area contributed by atoms with E-state index in [-0.39, 0.29) is 23.4 Å². The molecule has 4 aromatic rings. The van der Waals surface area contributed by atoms with Crippen molar-refractivity contribution in [3.05, 3.63) is 99.7 Å². The largest absolute Gasteiger partial charge is 0.416 e. The average Bonchev–Trinajstić information content (AvgIpc) is 2.94. The molecule has 0 atom stereocenters. The van der Waals surface area contributed by atoms with Crippen LogP contribution >= 0.6 is 0 Å². The second-order valence-electron chi connectivity index (χ2n) is 10.8. The highest BCUT2D eigenvalue weighted by Crippen LogP contribution is 2.35. The summed E-state index contributed by atoms with van der Waals surface area (Å²) in [6.45, 7) is 7.08. The van der Waals surface area contributed by atoms with Crippen LogP contribution in [-0.4, -0.2) is 53.9 Å². The lowest BCUT2D eigenvalue weighted by molar-refractivity contribution is -0.138. The third-order valence-corrected chi connectivity index (χ3v) is 7.56. The predicted molar refractivity (Wildman–Crippen MR) is 160 cm³/mol. The van der Waals surface area contributed by atoms with E-state index in [4.69, 9.17) is 5.73 Å². The minimum Gasteiger partial charge on any atom is -0.383 e. The monoisotopic (exact) mass is 571 g/mol. The van der Waals surface area contributed by atoms with Gasteiger partial charge in [0, 0.05) is 66.5 Å². The van der Waals surface area contributed by atoms with E-state index >= 15 is 0 Å². The number of hydrogen-bond acceptors (Lipinski definition) is 5. The number of rotatable bonds is 4. The van der Waals surface area contributed by atoms with Crippen molar-refractivity contribution in [3.8, 4) is 11.8 Å². The zero-order chi connectivity index (χ0) is 30.0. The predicted octanol–water partition coefficient (Wildman–Crippen LogP) is 5.85. The number of aryl methyl sites for hydroxylation is 2. The summed E-state index contributed by atoms with van der Waals surface area (Å²) < 4.78 is 42.0. The van der Waals surface area contributed by atoms with Crippen molar-refractivity contribution in [1.29, 1.82) is 0 Å². The number of alkyl halides is 3. The van der Waals surface area contributed by atoms with Gasteiger partial charge in [0.15, 0.2) is 0 Å². The molecule has 1 aromatic heterocycles. The van der Waals surface area contributed by atoms with Crippen molar-refractivity contribution in [2.24, 2.45) is 0 Å². The normalized spacial score (nSPS) is 14.4. The smallest absolute Gasteiger partial charge is 0.383 e. The van der Waals surface area contributed by atoms with Crippen molar-refractivity contribution in [2.75, 3.05) is 44.3 Å². The molecule has 1 aliphatic heterocycles. The lowest BCUT2D eigenvalue weighted by atomic mass is 10.0. The molecular weight excluding hydrogens is 539 g/mol. The second-order valence-corrected chi connectivity index (χ2v) is 10.8. The molecule has 1 amide bonds. The lowest BCUT2D eigenvalue weighted by Gasteiger charge is -2.33. The highest BCUT2D eigenvalue weighted by molar-refractivity contribution is 6.04. The molecule has 5 rings (SSSR count). The Bertz CT molecular complexity index is 1710. The van der Waals surface area contributed by atoms with Gasteiger partial charge in [-0.15, -0.1) is 0 Å². The Morgan fingerprint density at radius 2 is 1.76 bits per heavy atom. The fourth-order valence-corrected chi connectivity index (χ4v) is 5.01. The number of anilines is 2. The number of nitrogens with two attached hydrogens (primary N) is 1. The molecule has 42 heavy (non-hydrogen) atoms. The van der Waals surface area contributed by atoms with Crippen molar-refractivity contribution in [3.63, 3.8) is 0 Å². The Kier molecular flexibility index (Phi) is 8.21. The highest BCUT2D eigenvalue weighted by atomic mass is 19.4. The van der Waals surface area contributed by atoms with Crippen LogP contribution < -0.4 is 11.1 Å². The number of nitrogens with one attached hydrogen (secondary N) is 1.